The first-order valence-corrected chi connectivity index (χ1v) is 11.6. The Balaban J connectivity index is 1.62. The van der Waals surface area contributed by atoms with Crippen molar-refractivity contribution in [2.45, 2.75) is 11.8 Å². The number of allylic oxidation sites excluding steroid dienone is 3. The molecule has 1 aromatic heterocycles. The van der Waals surface area contributed by atoms with Gasteiger partial charge in [-0.2, -0.15) is 8.75 Å². The van der Waals surface area contributed by atoms with Gasteiger partial charge in [-0.05, 0) is 48.4 Å². The minimum Gasteiger partial charge on any atom is -0.325 e. The molecule has 1 heterocycles. The average molecular weight is 461 g/mol. The second-order valence-electron chi connectivity index (χ2n) is 6.83. The van der Waals surface area contributed by atoms with Crippen molar-refractivity contribution in [2.75, 3.05) is 5.32 Å². The number of sulfonamides is 1. The summed E-state index contributed by atoms with van der Waals surface area (Å²) in [5, 5.41) is 3.38. The highest BCUT2D eigenvalue weighted by Gasteiger charge is 2.32. The Morgan fingerprint density at radius 1 is 1.13 bits per heavy atom. The number of halogens is 1. The number of hydrogen-bond donors (Lipinski definition) is 2. The summed E-state index contributed by atoms with van der Waals surface area (Å²) in [6.45, 7) is 1.86. The third-order valence-corrected chi connectivity index (χ3v) is 6.94. The van der Waals surface area contributed by atoms with Crippen molar-refractivity contribution in [3.8, 4) is 0 Å². The van der Waals surface area contributed by atoms with Crippen LogP contribution in [0.5, 0.6) is 0 Å². The van der Waals surface area contributed by atoms with E-state index in [9.17, 15) is 13.2 Å². The zero-order valence-electron chi connectivity index (χ0n) is 15.7. The van der Waals surface area contributed by atoms with Crippen LogP contribution in [0.3, 0.4) is 0 Å². The lowest BCUT2D eigenvalue weighted by Gasteiger charge is -2.27. The minimum atomic E-state index is -3.97. The Hall–Kier alpha value is -2.75. The lowest BCUT2D eigenvalue weighted by atomic mass is 9.86. The van der Waals surface area contributed by atoms with Crippen LogP contribution in [-0.4, -0.2) is 23.1 Å². The molecule has 30 heavy (non-hydrogen) atoms. The summed E-state index contributed by atoms with van der Waals surface area (Å²) in [7, 11) is -3.97. The molecule has 10 heteroatoms. The fraction of sp³-hybridized carbons (Fsp3) is 0.150. The van der Waals surface area contributed by atoms with E-state index in [2.05, 4.69) is 18.8 Å². The molecule has 3 aromatic rings. The Morgan fingerprint density at radius 3 is 2.67 bits per heavy atom. The van der Waals surface area contributed by atoms with Crippen LogP contribution in [0.25, 0.3) is 11.0 Å². The number of nitrogens with zero attached hydrogens (tertiary/aromatic N) is 2. The number of nitrogens with one attached hydrogen (secondary N) is 2. The molecular formula is C20H17ClN4O3S2. The third-order valence-electron chi connectivity index (χ3n) is 4.74. The summed E-state index contributed by atoms with van der Waals surface area (Å²) in [5.74, 6) is -1.25. The van der Waals surface area contributed by atoms with Crippen molar-refractivity contribution in [2.24, 2.45) is 11.8 Å². The van der Waals surface area contributed by atoms with Gasteiger partial charge in [-0.15, -0.1) is 0 Å². The van der Waals surface area contributed by atoms with E-state index in [0.717, 1.165) is 11.7 Å². The molecule has 2 N–H and O–H groups in total. The lowest BCUT2D eigenvalue weighted by Crippen LogP contribution is -2.37. The molecule has 0 saturated heterocycles. The third kappa shape index (κ3) is 4.09. The van der Waals surface area contributed by atoms with Gasteiger partial charge < -0.3 is 5.32 Å². The van der Waals surface area contributed by atoms with Gasteiger partial charge in [0.25, 0.3) is 10.0 Å². The maximum absolute atomic E-state index is 13.1. The molecule has 0 spiro atoms. The number of carbonyl (C=O) groups is 1. The standard InChI is InChI=1S/C20H17ClN4O3S2/c1-12-4-2-5-15(18(12)20(26)22-14-10-8-13(21)9-11-14)25-30(27,28)17-7-3-6-16-19(17)24-29-23-16/h2-12,18,25H,1H3,(H,22,26). The van der Waals surface area contributed by atoms with Gasteiger partial charge in [-0.1, -0.05) is 36.7 Å². The Kier molecular flexibility index (Phi) is 5.59. The number of aromatic nitrogens is 2. The number of rotatable bonds is 5. The van der Waals surface area contributed by atoms with Crippen molar-refractivity contribution in [1.29, 1.82) is 0 Å². The van der Waals surface area contributed by atoms with Crippen LogP contribution in [0.1, 0.15) is 6.92 Å². The van der Waals surface area contributed by atoms with E-state index >= 15 is 0 Å². The Morgan fingerprint density at radius 2 is 1.90 bits per heavy atom. The molecule has 0 aliphatic heterocycles. The van der Waals surface area contributed by atoms with Crippen molar-refractivity contribution in [3.05, 3.63) is 71.4 Å². The maximum Gasteiger partial charge on any atom is 0.263 e. The van der Waals surface area contributed by atoms with E-state index < -0.39 is 15.9 Å². The van der Waals surface area contributed by atoms with E-state index in [-0.39, 0.29) is 22.4 Å². The molecule has 1 aliphatic carbocycles. The van der Waals surface area contributed by atoms with Crippen molar-refractivity contribution in [1.82, 2.24) is 13.5 Å². The van der Waals surface area contributed by atoms with Gasteiger partial charge in [0.2, 0.25) is 5.91 Å². The summed E-state index contributed by atoms with van der Waals surface area (Å²) in [5.41, 5.74) is 1.67. The van der Waals surface area contributed by atoms with Crippen LogP contribution < -0.4 is 10.0 Å². The highest BCUT2D eigenvalue weighted by molar-refractivity contribution is 7.89. The summed E-state index contributed by atoms with van der Waals surface area (Å²) in [6, 6.07) is 11.5. The highest BCUT2D eigenvalue weighted by atomic mass is 35.5. The quantitative estimate of drug-likeness (QED) is 0.600. The zero-order valence-corrected chi connectivity index (χ0v) is 18.1. The monoisotopic (exact) mass is 460 g/mol. The molecule has 0 radical (unpaired) electrons. The fourth-order valence-corrected chi connectivity index (χ4v) is 5.28. The van der Waals surface area contributed by atoms with Crippen LogP contribution in [0.15, 0.2) is 71.3 Å². The molecule has 0 saturated carbocycles. The molecule has 2 aromatic carbocycles. The molecule has 0 fully saturated rings. The smallest absolute Gasteiger partial charge is 0.263 e. The fourth-order valence-electron chi connectivity index (χ4n) is 3.27. The summed E-state index contributed by atoms with van der Waals surface area (Å²) < 4.78 is 37.0. The number of fused-ring (bicyclic) bond motifs is 1. The zero-order chi connectivity index (χ0) is 21.3. The van der Waals surface area contributed by atoms with Crippen LogP contribution in [0.4, 0.5) is 5.69 Å². The van der Waals surface area contributed by atoms with Crippen LogP contribution >= 0.6 is 23.3 Å². The summed E-state index contributed by atoms with van der Waals surface area (Å²) >= 11 is 6.84. The first-order chi connectivity index (χ1) is 14.3. The number of anilines is 1. The van der Waals surface area contributed by atoms with E-state index in [1.54, 1.807) is 48.6 Å². The van der Waals surface area contributed by atoms with Gasteiger partial charge >= 0.3 is 0 Å². The van der Waals surface area contributed by atoms with Crippen LogP contribution in [0.2, 0.25) is 5.02 Å². The van der Waals surface area contributed by atoms with Crippen molar-refractivity contribution < 1.29 is 13.2 Å². The second kappa shape index (κ2) is 8.17. The number of benzene rings is 2. The van der Waals surface area contributed by atoms with Gasteiger partial charge in [0.1, 0.15) is 15.9 Å². The van der Waals surface area contributed by atoms with Crippen molar-refractivity contribution >= 4 is 56.0 Å². The summed E-state index contributed by atoms with van der Waals surface area (Å²) in [6.07, 6.45) is 5.19. The SMILES string of the molecule is CC1C=CC=C(NS(=O)(=O)c2cccc3nsnc23)C1C(=O)Nc1ccc(Cl)cc1. The molecule has 4 rings (SSSR count). The Labute approximate surface area is 182 Å². The Bertz CT molecular complexity index is 1270. The first-order valence-electron chi connectivity index (χ1n) is 9.04. The normalized spacial score (nSPS) is 18.8. The molecule has 2 unspecified atom stereocenters. The number of amides is 1. The predicted octanol–water partition coefficient (Wildman–Crippen LogP) is 3.97. The van der Waals surface area contributed by atoms with Crippen molar-refractivity contribution in [3.63, 3.8) is 0 Å². The molecule has 7 nitrogen and oxygen atoms in total. The molecule has 154 valence electrons. The summed E-state index contributed by atoms with van der Waals surface area (Å²) in [4.78, 5) is 13.0. The first kappa shape index (κ1) is 20.5. The van der Waals surface area contributed by atoms with Gasteiger partial charge in [0.15, 0.2) is 0 Å². The van der Waals surface area contributed by atoms with E-state index in [0.29, 0.717) is 21.7 Å². The number of hydrogen-bond acceptors (Lipinski definition) is 6. The second-order valence-corrected chi connectivity index (χ2v) is 9.45. The van der Waals surface area contributed by atoms with Gasteiger partial charge in [0, 0.05) is 16.4 Å². The predicted molar refractivity (Wildman–Crippen MR) is 118 cm³/mol. The molecule has 1 amide bonds. The number of carbonyl (C=O) groups excluding carboxylic acids is 1. The topological polar surface area (TPSA) is 101 Å². The molecule has 2 atom stereocenters. The van der Waals surface area contributed by atoms with E-state index in [4.69, 9.17) is 11.6 Å². The highest BCUT2D eigenvalue weighted by Crippen LogP contribution is 2.29. The van der Waals surface area contributed by atoms with Crippen LogP contribution in [-0.2, 0) is 14.8 Å². The van der Waals surface area contributed by atoms with Crippen LogP contribution in [0, 0.1) is 11.8 Å². The van der Waals surface area contributed by atoms with Gasteiger partial charge in [-0.25, -0.2) is 8.42 Å². The van der Waals surface area contributed by atoms with E-state index in [1.165, 1.54) is 6.07 Å². The minimum absolute atomic E-state index is 0.0220. The van der Waals surface area contributed by atoms with E-state index in [1.807, 2.05) is 13.0 Å². The molecular weight excluding hydrogens is 444 g/mol. The maximum atomic E-state index is 13.1. The largest absolute Gasteiger partial charge is 0.325 e. The lowest BCUT2D eigenvalue weighted by molar-refractivity contribution is -0.119. The molecule has 0 bridgehead atoms. The van der Waals surface area contributed by atoms with Gasteiger partial charge in [-0.3, -0.25) is 9.52 Å². The van der Waals surface area contributed by atoms with Gasteiger partial charge in [0.05, 0.1) is 17.6 Å². The molecule has 1 aliphatic rings. The average Bonchev–Trinajstić information content (AvgIpc) is 3.18.